The summed E-state index contributed by atoms with van der Waals surface area (Å²) in [6.07, 6.45) is 2.73. The van der Waals surface area contributed by atoms with E-state index in [1.54, 1.807) is 0 Å². The van der Waals surface area contributed by atoms with Gasteiger partial charge in [0.2, 0.25) is 0 Å². The van der Waals surface area contributed by atoms with Crippen LogP contribution in [-0.4, -0.2) is 27.1 Å². The Morgan fingerprint density at radius 1 is 0.931 bits per heavy atom. The number of fused-ring (bicyclic) bond motifs is 1. The van der Waals surface area contributed by atoms with E-state index < -0.39 is 0 Å². The Labute approximate surface area is 170 Å². The molecule has 4 rings (SSSR count). The van der Waals surface area contributed by atoms with Gasteiger partial charge in [-0.15, -0.1) is 10.2 Å². The quantitative estimate of drug-likeness (QED) is 0.392. The number of rotatable bonds is 6. The summed E-state index contributed by atoms with van der Waals surface area (Å²) >= 11 is 0. The molecule has 2 N–H and O–H groups in total. The number of guanidine groups is 1. The Balaban J connectivity index is 1.44. The lowest BCUT2D eigenvalue weighted by molar-refractivity contribution is 0.790. The van der Waals surface area contributed by atoms with E-state index in [9.17, 15) is 0 Å². The van der Waals surface area contributed by atoms with Gasteiger partial charge < -0.3 is 10.6 Å². The first kappa shape index (κ1) is 18.7. The van der Waals surface area contributed by atoms with Crippen LogP contribution in [0.4, 0.5) is 5.69 Å². The maximum absolute atomic E-state index is 4.75. The molecule has 0 saturated carbocycles. The number of aromatic nitrogens is 3. The fourth-order valence-electron chi connectivity index (χ4n) is 3.02. The monoisotopic (exact) mass is 384 g/mol. The molecule has 4 aromatic rings. The fraction of sp³-hybridized carbons (Fsp3) is 0.174. The van der Waals surface area contributed by atoms with E-state index in [4.69, 9.17) is 4.99 Å². The summed E-state index contributed by atoms with van der Waals surface area (Å²) in [5, 5.41) is 15.3. The Bertz CT molecular complexity index is 1080. The van der Waals surface area contributed by atoms with E-state index in [-0.39, 0.29) is 0 Å². The van der Waals surface area contributed by atoms with Crippen molar-refractivity contribution in [2.75, 3.05) is 11.9 Å². The van der Waals surface area contributed by atoms with E-state index in [1.165, 1.54) is 11.1 Å². The number of hydrogen-bond acceptors (Lipinski definition) is 3. The molecule has 6 heteroatoms. The van der Waals surface area contributed by atoms with Gasteiger partial charge in [-0.3, -0.25) is 4.40 Å². The molecule has 2 aromatic carbocycles. The molecule has 0 spiro atoms. The van der Waals surface area contributed by atoms with Crippen LogP contribution in [0.15, 0.2) is 84.0 Å². The van der Waals surface area contributed by atoms with Crippen molar-refractivity contribution in [3.8, 4) is 0 Å². The normalized spacial score (nSPS) is 11.6. The SMILES string of the molecule is Cc1ccc(CN=C(NCCc2nnc3ccccn23)Nc2ccccc2)cc1. The largest absolute Gasteiger partial charge is 0.356 e. The minimum atomic E-state index is 0.607. The predicted molar refractivity (Wildman–Crippen MR) is 117 cm³/mol. The highest BCUT2D eigenvalue weighted by Gasteiger charge is 2.06. The molecule has 0 aliphatic rings. The summed E-state index contributed by atoms with van der Waals surface area (Å²) in [6.45, 7) is 3.39. The smallest absolute Gasteiger partial charge is 0.196 e. The predicted octanol–water partition coefficient (Wildman–Crippen LogP) is 3.84. The van der Waals surface area contributed by atoms with E-state index in [2.05, 4.69) is 52.0 Å². The molecule has 0 saturated heterocycles. The third kappa shape index (κ3) is 4.99. The molecule has 0 fully saturated rings. The number of anilines is 1. The number of hydrogen-bond donors (Lipinski definition) is 2. The van der Waals surface area contributed by atoms with Gasteiger partial charge in [-0.05, 0) is 36.8 Å². The van der Waals surface area contributed by atoms with Crippen molar-refractivity contribution in [2.24, 2.45) is 4.99 Å². The Morgan fingerprint density at radius 3 is 2.55 bits per heavy atom. The minimum Gasteiger partial charge on any atom is -0.356 e. The van der Waals surface area contributed by atoms with Gasteiger partial charge in [0.05, 0.1) is 6.54 Å². The van der Waals surface area contributed by atoms with Gasteiger partial charge in [0.15, 0.2) is 11.6 Å². The molecule has 0 amide bonds. The second-order valence-corrected chi connectivity index (χ2v) is 6.86. The van der Waals surface area contributed by atoms with Gasteiger partial charge in [-0.2, -0.15) is 0 Å². The molecular weight excluding hydrogens is 360 g/mol. The van der Waals surface area contributed by atoms with Crippen molar-refractivity contribution in [1.82, 2.24) is 19.9 Å². The molecule has 2 heterocycles. The number of nitrogens with one attached hydrogen (secondary N) is 2. The molecule has 2 aromatic heterocycles. The Morgan fingerprint density at radius 2 is 1.72 bits per heavy atom. The van der Waals surface area contributed by atoms with E-state index in [0.717, 1.165) is 29.5 Å². The summed E-state index contributed by atoms with van der Waals surface area (Å²) in [5.41, 5.74) is 4.28. The Kier molecular flexibility index (Phi) is 5.81. The van der Waals surface area contributed by atoms with E-state index >= 15 is 0 Å². The van der Waals surface area contributed by atoms with Crippen LogP contribution in [0, 0.1) is 6.92 Å². The van der Waals surface area contributed by atoms with Gasteiger partial charge in [0, 0.05) is 24.8 Å². The van der Waals surface area contributed by atoms with Gasteiger partial charge in [-0.25, -0.2) is 4.99 Å². The van der Waals surface area contributed by atoms with Crippen LogP contribution in [0.2, 0.25) is 0 Å². The maximum atomic E-state index is 4.75. The minimum absolute atomic E-state index is 0.607. The van der Waals surface area contributed by atoms with Crippen molar-refractivity contribution in [1.29, 1.82) is 0 Å². The fourth-order valence-corrected chi connectivity index (χ4v) is 3.02. The van der Waals surface area contributed by atoms with Crippen molar-refractivity contribution >= 4 is 17.3 Å². The van der Waals surface area contributed by atoms with Gasteiger partial charge in [0.1, 0.15) is 5.82 Å². The average Bonchev–Trinajstić information content (AvgIpc) is 3.17. The Hall–Kier alpha value is -3.67. The first-order valence-corrected chi connectivity index (χ1v) is 9.72. The molecule has 0 atom stereocenters. The topological polar surface area (TPSA) is 66.6 Å². The summed E-state index contributed by atoms with van der Waals surface area (Å²) in [5.74, 6) is 1.66. The highest BCUT2D eigenvalue weighted by atomic mass is 15.2. The average molecular weight is 384 g/mol. The molecule has 29 heavy (non-hydrogen) atoms. The first-order valence-electron chi connectivity index (χ1n) is 9.72. The highest BCUT2D eigenvalue weighted by molar-refractivity contribution is 5.93. The van der Waals surface area contributed by atoms with Crippen LogP contribution in [0.3, 0.4) is 0 Å². The summed E-state index contributed by atoms with van der Waals surface area (Å²) < 4.78 is 2.01. The van der Waals surface area contributed by atoms with Crippen LogP contribution >= 0.6 is 0 Å². The van der Waals surface area contributed by atoms with Crippen LogP contribution < -0.4 is 10.6 Å². The summed E-state index contributed by atoms with van der Waals surface area (Å²) in [7, 11) is 0. The zero-order chi connectivity index (χ0) is 19.9. The summed E-state index contributed by atoms with van der Waals surface area (Å²) in [4.78, 5) is 4.75. The van der Waals surface area contributed by atoms with Crippen LogP contribution in [0.25, 0.3) is 5.65 Å². The lowest BCUT2D eigenvalue weighted by Gasteiger charge is -2.12. The highest BCUT2D eigenvalue weighted by Crippen LogP contribution is 2.08. The second kappa shape index (κ2) is 9.01. The molecular formula is C23H24N6. The van der Waals surface area contributed by atoms with Crippen LogP contribution in [-0.2, 0) is 13.0 Å². The lowest BCUT2D eigenvalue weighted by atomic mass is 10.1. The molecule has 0 bridgehead atoms. The molecule has 0 aliphatic heterocycles. The zero-order valence-electron chi connectivity index (χ0n) is 16.4. The maximum Gasteiger partial charge on any atom is 0.196 e. The molecule has 0 unspecified atom stereocenters. The van der Waals surface area contributed by atoms with Gasteiger partial charge in [-0.1, -0.05) is 54.1 Å². The van der Waals surface area contributed by atoms with E-state index in [1.807, 2.05) is 59.1 Å². The van der Waals surface area contributed by atoms with Crippen LogP contribution in [0.1, 0.15) is 17.0 Å². The van der Waals surface area contributed by atoms with Crippen molar-refractivity contribution < 1.29 is 0 Å². The number of nitrogens with zero attached hydrogens (tertiary/aromatic N) is 4. The van der Waals surface area contributed by atoms with Gasteiger partial charge in [0.25, 0.3) is 0 Å². The number of aryl methyl sites for hydroxylation is 1. The third-order valence-corrected chi connectivity index (χ3v) is 4.60. The van der Waals surface area contributed by atoms with Gasteiger partial charge >= 0.3 is 0 Å². The molecule has 0 aliphatic carbocycles. The van der Waals surface area contributed by atoms with Crippen molar-refractivity contribution in [3.05, 3.63) is 95.9 Å². The number of para-hydroxylation sites is 1. The first-order chi connectivity index (χ1) is 14.3. The third-order valence-electron chi connectivity index (χ3n) is 4.60. The number of pyridine rings is 1. The zero-order valence-corrected chi connectivity index (χ0v) is 16.4. The van der Waals surface area contributed by atoms with Crippen molar-refractivity contribution in [2.45, 2.75) is 19.9 Å². The molecule has 146 valence electrons. The summed E-state index contributed by atoms with van der Waals surface area (Å²) in [6, 6.07) is 24.4. The standard InChI is InChI=1S/C23H24N6/c1-18-10-12-19(13-11-18)17-25-23(26-20-7-3-2-4-8-20)24-15-14-22-28-27-21-9-5-6-16-29(21)22/h2-13,16H,14-15,17H2,1H3,(H2,24,25,26). The number of benzene rings is 2. The van der Waals surface area contributed by atoms with E-state index in [0.29, 0.717) is 13.1 Å². The van der Waals surface area contributed by atoms with Crippen LogP contribution in [0.5, 0.6) is 0 Å². The van der Waals surface area contributed by atoms with Crippen molar-refractivity contribution in [3.63, 3.8) is 0 Å². The lowest BCUT2D eigenvalue weighted by Crippen LogP contribution is -2.32. The second-order valence-electron chi connectivity index (χ2n) is 6.86. The molecule has 0 radical (unpaired) electrons. The molecule has 6 nitrogen and oxygen atoms in total. The number of aliphatic imine (C=N–C) groups is 1.